The van der Waals surface area contributed by atoms with Crippen molar-refractivity contribution in [1.29, 1.82) is 0 Å². The Morgan fingerprint density at radius 3 is 3.15 bits per heavy atom. The maximum atomic E-state index is 12.2. The standard InChI is InChI=1S/C13H14N4O3/c1-3-20-12(18)10-8(2)16-13-14-7-15-17(13)11(10)9-4-5-19-6-9/h4-7,11H,3H2,1-2H3,(H,14,15,16)/t11-/m1/s1. The van der Waals surface area contributed by atoms with Gasteiger partial charge in [0.2, 0.25) is 5.95 Å². The fourth-order valence-electron chi connectivity index (χ4n) is 2.30. The number of ether oxygens (including phenoxy) is 1. The van der Waals surface area contributed by atoms with Crippen molar-refractivity contribution in [3.63, 3.8) is 0 Å². The number of nitrogens with one attached hydrogen (secondary N) is 1. The van der Waals surface area contributed by atoms with E-state index in [0.29, 0.717) is 23.8 Å². The molecule has 0 saturated heterocycles. The highest BCUT2D eigenvalue weighted by molar-refractivity contribution is 5.92. The van der Waals surface area contributed by atoms with Crippen LogP contribution in [-0.4, -0.2) is 27.3 Å². The van der Waals surface area contributed by atoms with Crippen LogP contribution < -0.4 is 5.32 Å². The number of anilines is 1. The molecular formula is C13H14N4O3. The zero-order valence-corrected chi connectivity index (χ0v) is 11.2. The molecule has 0 saturated carbocycles. The summed E-state index contributed by atoms with van der Waals surface area (Å²) >= 11 is 0. The van der Waals surface area contributed by atoms with Crippen LogP contribution in [0.4, 0.5) is 5.95 Å². The van der Waals surface area contributed by atoms with E-state index in [4.69, 9.17) is 9.15 Å². The minimum Gasteiger partial charge on any atom is -0.472 e. The first-order chi connectivity index (χ1) is 9.72. The van der Waals surface area contributed by atoms with Crippen LogP contribution in [0.2, 0.25) is 0 Å². The Morgan fingerprint density at radius 1 is 1.60 bits per heavy atom. The number of nitrogens with zero attached hydrogens (tertiary/aromatic N) is 3. The third-order valence-corrected chi connectivity index (χ3v) is 3.15. The molecule has 0 amide bonds. The minimum atomic E-state index is -0.397. The van der Waals surface area contributed by atoms with Gasteiger partial charge in [0, 0.05) is 11.3 Å². The molecule has 1 aliphatic heterocycles. The molecule has 104 valence electrons. The van der Waals surface area contributed by atoms with E-state index in [9.17, 15) is 4.79 Å². The summed E-state index contributed by atoms with van der Waals surface area (Å²) in [6.07, 6.45) is 4.59. The van der Waals surface area contributed by atoms with Gasteiger partial charge >= 0.3 is 5.97 Å². The van der Waals surface area contributed by atoms with E-state index in [-0.39, 0.29) is 5.97 Å². The smallest absolute Gasteiger partial charge is 0.338 e. The van der Waals surface area contributed by atoms with Crippen molar-refractivity contribution < 1.29 is 13.9 Å². The highest BCUT2D eigenvalue weighted by atomic mass is 16.5. The molecule has 3 heterocycles. The van der Waals surface area contributed by atoms with Gasteiger partial charge in [-0.2, -0.15) is 10.1 Å². The SMILES string of the molecule is CCOC(=O)C1=C(C)Nc2ncnn2[C@@H]1c1ccoc1. The highest BCUT2D eigenvalue weighted by Crippen LogP contribution is 2.35. The number of esters is 1. The fraction of sp³-hybridized carbons (Fsp3) is 0.308. The largest absolute Gasteiger partial charge is 0.472 e. The van der Waals surface area contributed by atoms with Crippen molar-refractivity contribution in [2.45, 2.75) is 19.9 Å². The number of allylic oxidation sites excluding steroid dienone is 1. The van der Waals surface area contributed by atoms with E-state index in [2.05, 4.69) is 15.4 Å². The molecule has 0 aromatic carbocycles. The van der Waals surface area contributed by atoms with Crippen molar-refractivity contribution in [2.75, 3.05) is 11.9 Å². The number of aromatic nitrogens is 3. The first-order valence-electron chi connectivity index (χ1n) is 6.29. The van der Waals surface area contributed by atoms with Gasteiger partial charge in [-0.3, -0.25) is 0 Å². The number of furan rings is 1. The van der Waals surface area contributed by atoms with E-state index in [1.807, 2.05) is 6.92 Å². The Morgan fingerprint density at radius 2 is 2.45 bits per heavy atom. The van der Waals surface area contributed by atoms with Crippen LogP contribution in [0.15, 0.2) is 40.6 Å². The summed E-state index contributed by atoms with van der Waals surface area (Å²) in [6.45, 7) is 3.91. The number of carbonyl (C=O) groups excluding carboxylic acids is 1. The number of hydrogen-bond acceptors (Lipinski definition) is 6. The molecule has 1 atom stereocenters. The van der Waals surface area contributed by atoms with Crippen molar-refractivity contribution in [3.05, 3.63) is 41.8 Å². The van der Waals surface area contributed by atoms with Crippen LogP contribution in [0.5, 0.6) is 0 Å². The molecule has 20 heavy (non-hydrogen) atoms. The van der Waals surface area contributed by atoms with E-state index in [1.165, 1.54) is 6.33 Å². The molecule has 1 N–H and O–H groups in total. The maximum absolute atomic E-state index is 12.2. The van der Waals surface area contributed by atoms with Crippen LogP contribution in [0, 0.1) is 0 Å². The van der Waals surface area contributed by atoms with Crippen molar-refractivity contribution >= 4 is 11.9 Å². The van der Waals surface area contributed by atoms with E-state index in [0.717, 1.165) is 5.56 Å². The topological polar surface area (TPSA) is 82.2 Å². The lowest BCUT2D eigenvalue weighted by Gasteiger charge is -2.27. The van der Waals surface area contributed by atoms with E-state index < -0.39 is 6.04 Å². The van der Waals surface area contributed by atoms with Gasteiger partial charge in [-0.15, -0.1) is 0 Å². The fourth-order valence-corrected chi connectivity index (χ4v) is 2.30. The third-order valence-electron chi connectivity index (χ3n) is 3.15. The first kappa shape index (κ1) is 12.5. The molecule has 0 radical (unpaired) electrons. The van der Waals surface area contributed by atoms with E-state index >= 15 is 0 Å². The molecule has 7 heteroatoms. The van der Waals surface area contributed by atoms with Crippen molar-refractivity contribution in [1.82, 2.24) is 14.8 Å². The summed E-state index contributed by atoms with van der Waals surface area (Å²) in [5, 5.41) is 7.24. The molecule has 1 aliphatic rings. The second-order valence-electron chi connectivity index (χ2n) is 4.37. The predicted molar refractivity (Wildman–Crippen MR) is 69.8 cm³/mol. The van der Waals surface area contributed by atoms with Gasteiger partial charge in [0.15, 0.2) is 0 Å². The molecule has 0 bridgehead atoms. The first-order valence-corrected chi connectivity index (χ1v) is 6.29. The van der Waals surface area contributed by atoms with Crippen LogP contribution in [0.1, 0.15) is 25.5 Å². The summed E-state index contributed by atoms with van der Waals surface area (Å²) < 4.78 is 11.9. The second-order valence-corrected chi connectivity index (χ2v) is 4.37. The average molecular weight is 274 g/mol. The molecule has 0 spiro atoms. The zero-order chi connectivity index (χ0) is 14.1. The highest BCUT2D eigenvalue weighted by Gasteiger charge is 2.34. The molecular weight excluding hydrogens is 260 g/mol. The molecule has 2 aromatic heterocycles. The monoisotopic (exact) mass is 274 g/mol. The van der Waals surface area contributed by atoms with Gasteiger partial charge in [-0.25, -0.2) is 9.48 Å². The Labute approximate surface area is 115 Å². The lowest BCUT2D eigenvalue weighted by molar-refractivity contribution is -0.139. The van der Waals surface area contributed by atoms with Gasteiger partial charge in [0.1, 0.15) is 12.4 Å². The van der Waals surface area contributed by atoms with Crippen LogP contribution in [0.25, 0.3) is 0 Å². The summed E-state index contributed by atoms with van der Waals surface area (Å²) in [5.74, 6) is 0.214. The van der Waals surface area contributed by atoms with Crippen molar-refractivity contribution in [3.8, 4) is 0 Å². The van der Waals surface area contributed by atoms with Crippen LogP contribution in [0.3, 0.4) is 0 Å². The molecule has 3 rings (SSSR count). The Hall–Kier alpha value is -2.57. The summed E-state index contributed by atoms with van der Waals surface area (Å²) in [6, 6.07) is 1.40. The van der Waals surface area contributed by atoms with Gasteiger partial charge in [-0.1, -0.05) is 0 Å². The van der Waals surface area contributed by atoms with Gasteiger partial charge in [0.05, 0.1) is 24.7 Å². The normalized spacial score (nSPS) is 17.6. The molecule has 0 unspecified atom stereocenters. The van der Waals surface area contributed by atoms with Gasteiger partial charge < -0.3 is 14.5 Å². The Kier molecular flexibility index (Phi) is 3.02. The second kappa shape index (κ2) is 4.84. The minimum absolute atomic E-state index is 0.317. The molecule has 0 aliphatic carbocycles. The lowest BCUT2D eigenvalue weighted by atomic mass is 9.98. The number of rotatable bonds is 3. The van der Waals surface area contributed by atoms with Gasteiger partial charge in [0.25, 0.3) is 0 Å². The Balaban J connectivity index is 2.12. The summed E-state index contributed by atoms with van der Waals surface area (Å²) in [7, 11) is 0. The van der Waals surface area contributed by atoms with Crippen molar-refractivity contribution in [2.24, 2.45) is 0 Å². The molecule has 0 fully saturated rings. The van der Waals surface area contributed by atoms with E-state index in [1.54, 1.807) is 30.2 Å². The number of carbonyl (C=O) groups is 1. The maximum Gasteiger partial charge on any atom is 0.338 e. The molecule has 2 aromatic rings. The average Bonchev–Trinajstić information content (AvgIpc) is 3.07. The Bertz CT molecular complexity index is 657. The predicted octanol–water partition coefficient (Wildman–Crippen LogP) is 1.72. The third kappa shape index (κ3) is 1.87. The quantitative estimate of drug-likeness (QED) is 0.858. The summed E-state index contributed by atoms with van der Waals surface area (Å²) in [5.41, 5.74) is 2.03. The summed E-state index contributed by atoms with van der Waals surface area (Å²) in [4.78, 5) is 16.4. The molecule has 7 nitrogen and oxygen atoms in total. The number of hydrogen-bond donors (Lipinski definition) is 1. The number of fused-ring (bicyclic) bond motifs is 1. The van der Waals surface area contributed by atoms with Gasteiger partial charge in [-0.05, 0) is 19.9 Å². The lowest BCUT2D eigenvalue weighted by Crippen LogP contribution is -2.29. The zero-order valence-electron chi connectivity index (χ0n) is 11.2. The van der Waals surface area contributed by atoms with Crippen LogP contribution in [-0.2, 0) is 9.53 Å². The van der Waals surface area contributed by atoms with Crippen LogP contribution >= 0.6 is 0 Å².